The Bertz CT molecular complexity index is 910. The Kier molecular flexibility index (Phi) is 4.49. The van der Waals surface area contributed by atoms with E-state index in [0.29, 0.717) is 15.5 Å². The van der Waals surface area contributed by atoms with Crippen LogP contribution in [-0.4, -0.2) is 15.4 Å². The molecule has 0 aromatic carbocycles. The molecule has 0 aliphatic carbocycles. The number of thiazole rings is 1. The first-order valence-electron chi connectivity index (χ1n) is 6.04. The number of aryl methyl sites for hydroxylation is 1. The number of fused-ring (bicyclic) bond motifs is 1. The molecule has 0 saturated carbocycles. The van der Waals surface area contributed by atoms with E-state index in [1.165, 1.54) is 33.1 Å². The summed E-state index contributed by atoms with van der Waals surface area (Å²) in [5, 5.41) is 1.86. The van der Waals surface area contributed by atoms with Crippen molar-refractivity contribution in [3.05, 3.63) is 52.4 Å². The standard InChI is InChI=1S/C13H8Br2N2O3S2/c1-6-5-21-13-16-7(2-10(18)17(6)13)4-20-12(19)9-3-8(14)11(15)22-9/h2-3,5H,4H2,1H3. The fraction of sp³-hybridized carbons (Fsp3) is 0.154. The smallest absolute Gasteiger partial charge is 0.348 e. The first-order chi connectivity index (χ1) is 10.5. The average molecular weight is 464 g/mol. The van der Waals surface area contributed by atoms with Crippen molar-refractivity contribution in [3.63, 3.8) is 0 Å². The highest BCUT2D eigenvalue weighted by molar-refractivity contribution is 9.13. The molecule has 0 N–H and O–H groups in total. The van der Waals surface area contributed by atoms with Crippen LogP contribution in [0.5, 0.6) is 0 Å². The monoisotopic (exact) mass is 462 g/mol. The van der Waals surface area contributed by atoms with E-state index in [0.717, 1.165) is 14.0 Å². The number of esters is 1. The number of aromatic nitrogens is 2. The van der Waals surface area contributed by atoms with E-state index in [2.05, 4.69) is 36.8 Å². The molecule has 3 rings (SSSR count). The number of nitrogens with zero attached hydrogens (tertiary/aromatic N) is 2. The van der Waals surface area contributed by atoms with E-state index in [-0.39, 0.29) is 12.2 Å². The Labute approximate surface area is 149 Å². The molecule has 0 bridgehead atoms. The molecule has 3 aromatic rings. The van der Waals surface area contributed by atoms with Crippen molar-refractivity contribution in [3.8, 4) is 0 Å². The Morgan fingerprint density at radius 3 is 2.86 bits per heavy atom. The lowest BCUT2D eigenvalue weighted by Crippen LogP contribution is -2.16. The van der Waals surface area contributed by atoms with Crippen LogP contribution in [0.2, 0.25) is 0 Å². The van der Waals surface area contributed by atoms with Crippen LogP contribution in [-0.2, 0) is 11.3 Å². The van der Waals surface area contributed by atoms with E-state index in [1.807, 2.05) is 12.3 Å². The number of carbonyl (C=O) groups excluding carboxylic acids is 1. The molecule has 9 heteroatoms. The summed E-state index contributed by atoms with van der Waals surface area (Å²) in [7, 11) is 0. The SMILES string of the molecule is Cc1csc2nc(COC(=O)c3cc(Br)c(Br)s3)cc(=O)n12. The number of hydrogen-bond acceptors (Lipinski definition) is 6. The molecule has 0 saturated heterocycles. The van der Waals surface area contributed by atoms with Crippen molar-refractivity contribution in [2.24, 2.45) is 0 Å². The van der Waals surface area contributed by atoms with Crippen molar-refractivity contribution in [1.82, 2.24) is 9.38 Å². The maximum absolute atomic E-state index is 12.0. The third-order valence-electron chi connectivity index (χ3n) is 2.83. The number of halogens is 2. The summed E-state index contributed by atoms with van der Waals surface area (Å²) in [6, 6.07) is 3.07. The van der Waals surface area contributed by atoms with E-state index in [4.69, 9.17) is 4.74 Å². The highest BCUT2D eigenvalue weighted by atomic mass is 79.9. The summed E-state index contributed by atoms with van der Waals surface area (Å²) < 4.78 is 8.38. The quantitative estimate of drug-likeness (QED) is 0.550. The van der Waals surface area contributed by atoms with Crippen LogP contribution in [0.1, 0.15) is 21.1 Å². The number of ether oxygens (including phenoxy) is 1. The molecule has 0 fully saturated rings. The third kappa shape index (κ3) is 3.03. The van der Waals surface area contributed by atoms with Gasteiger partial charge in [0.25, 0.3) is 5.56 Å². The Hall–Kier alpha value is -1.03. The first kappa shape index (κ1) is 15.9. The van der Waals surface area contributed by atoms with Crippen molar-refractivity contribution < 1.29 is 9.53 Å². The number of rotatable bonds is 3. The van der Waals surface area contributed by atoms with Crippen LogP contribution < -0.4 is 5.56 Å². The normalized spacial score (nSPS) is 11.0. The largest absolute Gasteiger partial charge is 0.455 e. The molecule has 0 unspecified atom stereocenters. The lowest BCUT2D eigenvalue weighted by molar-refractivity contribution is 0.0473. The maximum atomic E-state index is 12.0. The van der Waals surface area contributed by atoms with Crippen molar-refractivity contribution >= 4 is 65.5 Å². The minimum Gasteiger partial charge on any atom is -0.455 e. The van der Waals surface area contributed by atoms with Gasteiger partial charge in [0.2, 0.25) is 0 Å². The Morgan fingerprint density at radius 1 is 1.41 bits per heavy atom. The maximum Gasteiger partial charge on any atom is 0.348 e. The minimum atomic E-state index is -0.444. The molecule has 3 heterocycles. The summed E-state index contributed by atoms with van der Waals surface area (Å²) in [6.45, 7) is 1.81. The fourth-order valence-electron chi connectivity index (χ4n) is 1.83. The van der Waals surface area contributed by atoms with Gasteiger partial charge in [-0.3, -0.25) is 9.20 Å². The van der Waals surface area contributed by atoms with Crippen molar-refractivity contribution in [2.75, 3.05) is 0 Å². The highest BCUT2D eigenvalue weighted by Crippen LogP contribution is 2.32. The first-order valence-corrected chi connectivity index (χ1v) is 9.32. The van der Waals surface area contributed by atoms with Crippen LogP contribution in [0.25, 0.3) is 4.96 Å². The second-order valence-electron chi connectivity index (χ2n) is 4.39. The molecule has 0 aliphatic rings. The molecular weight excluding hydrogens is 456 g/mol. The summed E-state index contributed by atoms with van der Waals surface area (Å²) in [6.07, 6.45) is 0. The van der Waals surface area contributed by atoms with E-state index >= 15 is 0 Å². The topological polar surface area (TPSA) is 60.7 Å². The van der Waals surface area contributed by atoms with Gasteiger partial charge in [-0.05, 0) is 44.8 Å². The summed E-state index contributed by atoms with van der Waals surface area (Å²) in [5.74, 6) is -0.444. The van der Waals surface area contributed by atoms with Crippen molar-refractivity contribution in [1.29, 1.82) is 0 Å². The molecule has 3 aromatic heterocycles. The zero-order chi connectivity index (χ0) is 15.9. The molecule has 5 nitrogen and oxygen atoms in total. The van der Waals surface area contributed by atoms with Crippen LogP contribution >= 0.6 is 54.5 Å². The summed E-state index contributed by atoms with van der Waals surface area (Å²) in [5.41, 5.74) is 1.11. The lowest BCUT2D eigenvalue weighted by Gasteiger charge is -2.03. The molecule has 0 atom stereocenters. The van der Waals surface area contributed by atoms with E-state index < -0.39 is 5.97 Å². The zero-order valence-corrected chi connectivity index (χ0v) is 15.9. The fourth-order valence-corrected chi connectivity index (χ4v) is 4.65. The molecule has 114 valence electrons. The van der Waals surface area contributed by atoms with Gasteiger partial charge in [0.05, 0.1) is 9.48 Å². The summed E-state index contributed by atoms with van der Waals surface area (Å²) in [4.78, 5) is 29.4. The molecule has 0 spiro atoms. The molecule has 0 amide bonds. The van der Waals surface area contributed by atoms with Crippen LogP contribution in [0, 0.1) is 6.92 Å². The van der Waals surface area contributed by atoms with Crippen LogP contribution in [0.3, 0.4) is 0 Å². The molecule has 0 aliphatic heterocycles. The Balaban J connectivity index is 1.79. The second-order valence-corrected chi connectivity index (χ2v) is 8.45. The van der Waals surface area contributed by atoms with Gasteiger partial charge in [-0.1, -0.05) is 0 Å². The molecule has 0 radical (unpaired) electrons. The average Bonchev–Trinajstić information content (AvgIpc) is 3.00. The minimum absolute atomic E-state index is 0.0331. The highest BCUT2D eigenvalue weighted by Gasteiger charge is 2.14. The molecular formula is C13H8Br2N2O3S2. The van der Waals surface area contributed by atoms with Gasteiger partial charge in [-0.25, -0.2) is 9.78 Å². The van der Waals surface area contributed by atoms with Crippen LogP contribution in [0.15, 0.2) is 30.6 Å². The number of hydrogen-bond donors (Lipinski definition) is 0. The van der Waals surface area contributed by atoms with Crippen molar-refractivity contribution in [2.45, 2.75) is 13.5 Å². The van der Waals surface area contributed by atoms with Crippen LogP contribution in [0.4, 0.5) is 0 Å². The number of carbonyl (C=O) groups is 1. The van der Waals surface area contributed by atoms with Gasteiger partial charge >= 0.3 is 5.97 Å². The van der Waals surface area contributed by atoms with Gasteiger partial charge < -0.3 is 4.74 Å². The number of thiophene rings is 1. The van der Waals surface area contributed by atoms with Gasteiger partial charge in [0, 0.05) is 21.6 Å². The zero-order valence-electron chi connectivity index (χ0n) is 11.1. The van der Waals surface area contributed by atoms with Gasteiger partial charge in [-0.15, -0.1) is 22.7 Å². The Morgan fingerprint density at radius 2 is 2.18 bits per heavy atom. The summed E-state index contributed by atoms with van der Waals surface area (Å²) >= 11 is 9.31. The van der Waals surface area contributed by atoms with Gasteiger partial charge in [0.1, 0.15) is 11.5 Å². The molecule has 22 heavy (non-hydrogen) atoms. The van der Waals surface area contributed by atoms with Gasteiger partial charge in [0.15, 0.2) is 4.96 Å². The van der Waals surface area contributed by atoms with E-state index in [9.17, 15) is 9.59 Å². The van der Waals surface area contributed by atoms with E-state index in [1.54, 1.807) is 6.07 Å². The lowest BCUT2D eigenvalue weighted by atomic mass is 10.4. The second kappa shape index (κ2) is 6.23. The predicted molar refractivity (Wildman–Crippen MR) is 92.9 cm³/mol. The van der Waals surface area contributed by atoms with Gasteiger partial charge in [-0.2, -0.15) is 0 Å². The third-order valence-corrected chi connectivity index (χ3v) is 7.01. The predicted octanol–water partition coefficient (Wildman–Crippen LogP) is 4.01.